The van der Waals surface area contributed by atoms with Crippen LogP contribution in [-0.2, 0) is 10.0 Å². The molecule has 5 heteroatoms. The predicted octanol–water partition coefficient (Wildman–Crippen LogP) is 1.34. The Morgan fingerprint density at radius 1 is 1.16 bits per heavy atom. The summed E-state index contributed by atoms with van der Waals surface area (Å²) in [7, 11) is -3.08. The van der Waals surface area contributed by atoms with Crippen LogP contribution in [0.5, 0.6) is 0 Å². The van der Waals surface area contributed by atoms with Gasteiger partial charge in [0.25, 0.3) is 0 Å². The molecule has 4 nitrogen and oxygen atoms in total. The molecule has 110 valence electrons. The molecule has 19 heavy (non-hydrogen) atoms. The molecule has 3 rings (SSSR count). The third-order valence-corrected chi connectivity index (χ3v) is 6.82. The van der Waals surface area contributed by atoms with Gasteiger partial charge in [-0.2, -0.15) is 0 Å². The molecular formula is C14H26N2O2S. The lowest BCUT2D eigenvalue weighted by Crippen LogP contribution is -2.39. The average Bonchev–Trinajstić information content (AvgIpc) is 2.99. The van der Waals surface area contributed by atoms with Gasteiger partial charge < -0.3 is 5.32 Å². The van der Waals surface area contributed by atoms with Gasteiger partial charge in [0, 0.05) is 6.54 Å². The number of sulfonamides is 1. The third kappa shape index (κ3) is 3.50. The Bertz CT molecular complexity index is 404. The molecule has 1 saturated heterocycles. The summed E-state index contributed by atoms with van der Waals surface area (Å²) in [4.78, 5) is 0. The quantitative estimate of drug-likeness (QED) is 0.802. The van der Waals surface area contributed by atoms with Crippen molar-refractivity contribution in [2.45, 2.75) is 38.5 Å². The zero-order valence-electron chi connectivity index (χ0n) is 11.6. The topological polar surface area (TPSA) is 58.2 Å². The lowest BCUT2D eigenvalue weighted by atomic mass is 9.89. The number of nitrogens with one attached hydrogen (secondary N) is 2. The first-order chi connectivity index (χ1) is 9.12. The highest BCUT2D eigenvalue weighted by Crippen LogP contribution is 2.47. The third-order valence-electron chi connectivity index (χ3n) is 5.30. The number of rotatable bonds is 5. The van der Waals surface area contributed by atoms with Crippen LogP contribution < -0.4 is 10.0 Å². The number of hydrogen-bond acceptors (Lipinski definition) is 3. The lowest BCUT2D eigenvalue weighted by Gasteiger charge is -2.24. The molecule has 2 saturated carbocycles. The number of hydrogen-bond donors (Lipinski definition) is 2. The Kier molecular flexibility index (Phi) is 4.15. The van der Waals surface area contributed by atoms with E-state index in [0.29, 0.717) is 24.1 Å². The molecule has 2 aliphatic carbocycles. The van der Waals surface area contributed by atoms with Crippen molar-refractivity contribution in [2.75, 3.05) is 25.4 Å². The maximum Gasteiger partial charge on any atom is 0.211 e. The van der Waals surface area contributed by atoms with Crippen LogP contribution in [-0.4, -0.2) is 33.8 Å². The lowest BCUT2D eigenvalue weighted by molar-refractivity contribution is 0.332. The summed E-state index contributed by atoms with van der Waals surface area (Å²) in [5.74, 6) is 2.90. The Hall–Kier alpha value is -0.130. The fourth-order valence-corrected chi connectivity index (χ4v) is 5.79. The molecular weight excluding hydrogens is 260 g/mol. The maximum absolute atomic E-state index is 12.1. The van der Waals surface area contributed by atoms with Gasteiger partial charge in [-0.15, -0.1) is 0 Å². The first-order valence-electron chi connectivity index (χ1n) is 7.80. The van der Waals surface area contributed by atoms with Crippen LogP contribution >= 0.6 is 0 Å². The normalized spacial score (nSPS) is 38.7. The van der Waals surface area contributed by atoms with Crippen LogP contribution in [0.3, 0.4) is 0 Å². The minimum absolute atomic E-state index is 0.297. The van der Waals surface area contributed by atoms with Gasteiger partial charge in [0.15, 0.2) is 0 Å². The first kappa shape index (κ1) is 13.8. The second-order valence-corrected chi connectivity index (χ2v) is 8.63. The van der Waals surface area contributed by atoms with Crippen molar-refractivity contribution >= 4 is 10.0 Å². The highest BCUT2D eigenvalue weighted by Gasteiger charge is 2.39. The molecule has 0 spiro atoms. The maximum atomic E-state index is 12.1. The van der Waals surface area contributed by atoms with E-state index >= 15 is 0 Å². The van der Waals surface area contributed by atoms with Crippen molar-refractivity contribution in [2.24, 2.45) is 23.7 Å². The molecule has 3 fully saturated rings. The summed E-state index contributed by atoms with van der Waals surface area (Å²) in [5, 5.41) is 3.28. The Morgan fingerprint density at radius 3 is 2.68 bits per heavy atom. The molecule has 4 unspecified atom stereocenters. The Balaban J connectivity index is 1.45. The van der Waals surface area contributed by atoms with Crippen molar-refractivity contribution in [1.82, 2.24) is 10.0 Å². The molecule has 1 aliphatic heterocycles. The zero-order chi connectivity index (χ0) is 13.3. The van der Waals surface area contributed by atoms with Crippen molar-refractivity contribution in [3.05, 3.63) is 0 Å². The molecule has 2 bridgehead atoms. The van der Waals surface area contributed by atoms with Gasteiger partial charge in [-0.25, -0.2) is 13.1 Å². The minimum Gasteiger partial charge on any atom is -0.316 e. The van der Waals surface area contributed by atoms with E-state index in [1.165, 1.54) is 25.7 Å². The second kappa shape index (κ2) is 5.70. The SMILES string of the molecule is O=S(=O)(CC1CCCNC1)NCC1CC2CCC1C2. The van der Waals surface area contributed by atoms with Crippen LogP contribution in [0.1, 0.15) is 38.5 Å². The van der Waals surface area contributed by atoms with E-state index in [2.05, 4.69) is 10.0 Å². The molecule has 0 aromatic carbocycles. The fraction of sp³-hybridized carbons (Fsp3) is 1.00. The van der Waals surface area contributed by atoms with Crippen LogP contribution in [0.2, 0.25) is 0 Å². The zero-order valence-corrected chi connectivity index (χ0v) is 12.4. The molecule has 0 amide bonds. The molecule has 0 aromatic heterocycles. The molecule has 0 radical (unpaired) electrons. The Morgan fingerprint density at radius 2 is 2.05 bits per heavy atom. The Labute approximate surface area is 116 Å². The first-order valence-corrected chi connectivity index (χ1v) is 9.45. The smallest absolute Gasteiger partial charge is 0.211 e. The van der Waals surface area contributed by atoms with Crippen molar-refractivity contribution < 1.29 is 8.42 Å². The minimum atomic E-state index is -3.08. The van der Waals surface area contributed by atoms with Crippen LogP contribution in [0.15, 0.2) is 0 Å². The van der Waals surface area contributed by atoms with Gasteiger partial charge in [-0.05, 0) is 68.9 Å². The van der Waals surface area contributed by atoms with Crippen molar-refractivity contribution in [3.63, 3.8) is 0 Å². The van der Waals surface area contributed by atoms with Crippen LogP contribution in [0, 0.1) is 23.7 Å². The summed E-state index contributed by atoms with van der Waals surface area (Å²) < 4.78 is 27.1. The van der Waals surface area contributed by atoms with E-state index in [1.54, 1.807) is 0 Å². The standard InChI is InChI=1S/C14H26N2O2S/c17-19(18,10-12-2-1-5-15-8-12)16-9-14-7-11-3-4-13(14)6-11/h11-16H,1-10H2. The summed E-state index contributed by atoms with van der Waals surface area (Å²) in [6.45, 7) is 2.58. The van der Waals surface area contributed by atoms with Gasteiger partial charge >= 0.3 is 0 Å². The predicted molar refractivity (Wildman–Crippen MR) is 76.3 cm³/mol. The van der Waals surface area contributed by atoms with Crippen molar-refractivity contribution in [1.29, 1.82) is 0 Å². The van der Waals surface area contributed by atoms with E-state index in [9.17, 15) is 8.42 Å². The highest BCUT2D eigenvalue weighted by molar-refractivity contribution is 7.89. The van der Waals surface area contributed by atoms with Gasteiger partial charge in [-0.1, -0.05) is 6.42 Å². The number of fused-ring (bicyclic) bond motifs is 2. The van der Waals surface area contributed by atoms with Crippen molar-refractivity contribution in [3.8, 4) is 0 Å². The molecule has 0 aromatic rings. The van der Waals surface area contributed by atoms with E-state index in [4.69, 9.17) is 0 Å². The molecule has 4 atom stereocenters. The summed E-state index contributed by atoms with van der Waals surface area (Å²) in [5.41, 5.74) is 0. The van der Waals surface area contributed by atoms with Crippen LogP contribution in [0.4, 0.5) is 0 Å². The van der Waals surface area contributed by atoms with Crippen LogP contribution in [0.25, 0.3) is 0 Å². The molecule has 3 aliphatic rings. The molecule has 1 heterocycles. The summed E-state index contributed by atoms with van der Waals surface area (Å²) >= 11 is 0. The van der Waals surface area contributed by atoms with E-state index in [0.717, 1.165) is 37.8 Å². The van der Waals surface area contributed by atoms with E-state index in [-0.39, 0.29) is 0 Å². The second-order valence-electron chi connectivity index (χ2n) is 6.78. The summed E-state index contributed by atoms with van der Waals surface area (Å²) in [6.07, 6.45) is 7.44. The summed E-state index contributed by atoms with van der Waals surface area (Å²) in [6, 6.07) is 0. The van der Waals surface area contributed by atoms with Gasteiger partial charge in [0.1, 0.15) is 0 Å². The van der Waals surface area contributed by atoms with E-state index < -0.39 is 10.0 Å². The van der Waals surface area contributed by atoms with Gasteiger partial charge in [-0.3, -0.25) is 0 Å². The fourth-order valence-electron chi connectivity index (χ4n) is 4.30. The van der Waals surface area contributed by atoms with Gasteiger partial charge in [0.2, 0.25) is 10.0 Å². The number of piperidine rings is 1. The molecule has 2 N–H and O–H groups in total. The van der Waals surface area contributed by atoms with E-state index in [1.807, 2.05) is 0 Å². The average molecular weight is 286 g/mol. The largest absolute Gasteiger partial charge is 0.316 e. The van der Waals surface area contributed by atoms with Gasteiger partial charge in [0.05, 0.1) is 5.75 Å². The monoisotopic (exact) mass is 286 g/mol. The highest BCUT2D eigenvalue weighted by atomic mass is 32.2.